The molecule has 1 heterocycles. The van der Waals surface area contributed by atoms with Crippen molar-refractivity contribution in [3.63, 3.8) is 0 Å². The Labute approximate surface area is 158 Å². The fraction of sp³-hybridized carbons (Fsp3) is 0.238. The van der Waals surface area contributed by atoms with Crippen molar-refractivity contribution in [2.75, 3.05) is 18.4 Å². The van der Waals surface area contributed by atoms with Crippen molar-refractivity contribution in [1.82, 2.24) is 15.3 Å². The Morgan fingerprint density at radius 3 is 2.52 bits per heavy atom. The van der Waals surface area contributed by atoms with Crippen LogP contribution < -0.4 is 10.6 Å². The van der Waals surface area contributed by atoms with Crippen molar-refractivity contribution >= 4 is 11.6 Å². The maximum Gasteiger partial charge on any atom is 0.231 e. The van der Waals surface area contributed by atoms with Gasteiger partial charge in [-0.3, -0.25) is 4.79 Å². The predicted molar refractivity (Wildman–Crippen MR) is 105 cm³/mol. The molecule has 0 radical (unpaired) electrons. The summed E-state index contributed by atoms with van der Waals surface area (Å²) in [6.45, 7) is 1.20. The van der Waals surface area contributed by atoms with Crippen LogP contribution in [0.5, 0.6) is 0 Å². The monoisotopic (exact) mass is 364 g/mol. The molecule has 0 bridgehead atoms. The Morgan fingerprint density at radius 1 is 1.07 bits per heavy atom. The lowest BCUT2D eigenvalue weighted by molar-refractivity contribution is -0.115. The molecule has 6 heteroatoms. The van der Waals surface area contributed by atoms with Crippen LogP contribution in [0, 0.1) is 0 Å². The van der Waals surface area contributed by atoms with Crippen LogP contribution in [0.15, 0.2) is 66.9 Å². The van der Waals surface area contributed by atoms with Crippen LogP contribution in [0.4, 0.5) is 5.69 Å². The predicted octanol–water partition coefficient (Wildman–Crippen LogP) is 2.46. The number of nitrogens with one attached hydrogen (secondary N) is 3. The van der Waals surface area contributed by atoms with Gasteiger partial charge in [-0.2, -0.15) is 0 Å². The van der Waals surface area contributed by atoms with Gasteiger partial charge in [-0.25, -0.2) is 4.98 Å². The minimum atomic E-state index is -0.523. The number of para-hydroxylation sites is 1. The SMILES string of the molecule is O=C(Cc1ncc(CCNC[C@H](O)c2ccccc2)[nH]1)Nc1ccccc1. The summed E-state index contributed by atoms with van der Waals surface area (Å²) < 4.78 is 0. The average molecular weight is 364 g/mol. The molecule has 0 aliphatic carbocycles. The van der Waals surface area contributed by atoms with Gasteiger partial charge in [0.15, 0.2) is 0 Å². The van der Waals surface area contributed by atoms with E-state index in [4.69, 9.17) is 0 Å². The van der Waals surface area contributed by atoms with Crippen LogP contribution in [0.3, 0.4) is 0 Å². The summed E-state index contributed by atoms with van der Waals surface area (Å²) >= 11 is 0. The molecule has 27 heavy (non-hydrogen) atoms. The quantitative estimate of drug-likeness (QED) is 0.439. The molecule has 1 atom stereocenters. The second kappa shape index (κ2) is 9.66. The minimum absolute atomic E-state index is 0.105. The second-order valence-electron chi connectivity index (χ2n) is 6.33. The average Bonchev–Trinajstić information content (AvgIpc) is 3.13. The Hall–Kier alpha value is -2.96. The fourth-order valence-corrected chi connectivity index (χ4v) is 2.76. The number of benzene rings is 2. The summed E-state index contributed by atoms with van der Waals surface area (Å²) in [6.07, 6.45) is 2.18. The van der Waals surface area contributed by atoms with Gasteiger partial charge in [0.25, 0.3) is 0 Å². The third-order valence-electron chi connectivity index (χ3n) is 4.16. The summed E-state index contributed by atoms with van der Waals surface area (Å²) in [7, 11) is 0. The lowest BCUT2D eigenvalue weighted by Crippen LogP contribution is -2.23. The number of hydrogen-bond donors (Lipinski definition) is 4. The molecular weight excluding hydrogens is 340 g/mol. The van der Waals surface area contributed by atoms with E-state index in [1.54, 1.807) is 6.20 Å². The number of aliphatic hydroxyl groups is 1. The molecule has 4 N–H and O–H groups in total. The lowest BCUT2D eigenvalue weighted by atomic mass is 10.1. The molecule has 0 unspecified atom stereocenters. The van der Waals surface area contributed by atoms with Gasteiger partial charge in [-0.05, 0) is 17.7 Å². The van der Waals surface area contributed by atoms with E-state index in [0.29, 0.717) is 18.9 Å². The third-order valence-corrected chi connectivity index (χ3v) is 4.16. The highest BCUT2D eigenvalue weighted by molar-refractivity contribution is 5.91. The zero-order valence-electron chi connectivity index (χ0n) is 15.1. The number of carbonyl (C=O) groups excluding carboxylic acids is 1. The number of nitrogens with zero attached hydrogens (tertiary/aromatic N) is 1. The molecule has 2 aromatic carbocycles. The van der Waals surface area contributed by atoms with Crippen LogP contribution in [0.2, 0.25) is 0 Å². The zero-order chi connectivity index (χ0) is 18.9. The molecule has 1 amide bonds. The van der Waals surface area contributed by atoms with Gasteiger partial charge in [0.1, 0.15) is 5.82 Å². The first-order chi connectivity index (χ1) is 13.2. The Bertz CT molecular complexity index is 834. The minimum Gasteiger partial charge on any atom is -0.387 e. The maximum absolute atomic E-state index is 12.0. The van der Waals surface area contributed by atoms with E-state index in [2.05, 4.69) is 20.6 Å². The Morgan fingerprint density at radius 2 is 1.78 bits per heavy atom. The third kappa shape index (κ3) is 6.06. The van der Waals surface area contributed by atoms with Gasteiger partial charge < -0.3 is 20.7 Å². The largest absolute Gasteiger partial charge is 0.387 e. The van der Waals surface area contributed by atoms with Gasteiger partial charge in [0, 0.05) is 37.1 Å². The van der Waals surface area contributed by atoms with Crippen molar-refractivity contribution in [3.8, 4) is 0 Å². The first-order valence-corrected chi connectivity index (χ1v) is 9.02. The topological polar surface area (TPSA) is 90.0 Å². The van der Waals surface area contributed by atoms with Crippen molar-refractivity contribution in [2.24, 2.45) is 0 Å². The fourth-order valence-electron chi connectivity index (χ4n) is 2.76. The van der Waals surface area contributed by atoms with Crippen molar-refractivity contribution < 1.29 is 9.90 Å². The summed E-state index contributed by atoms with van der Waals surface area (Å²) in [4.78, 5) is 19.5. The second-order valence-corrected chi connectivity index (χ2v) is 6.33. The summed E-state index contributed by atoms with van der Waals surface area (Å²) in [5.74, 6) is 0.536. The summed E-state index contributed by atoms with van der Waals surface area (Å²) in [5, 5.41) is 16.2. The normalized spacial score (nSPS) is 11.9. The van der Waals surface area contributed by atoms with E-state index in [1.165, 1.54) is 0 Å². The van der Waals surface area contributed by atoms with Gasteiger partial charge in [0.2, 0.25) is 5.91 Å². The highest BCUT2D eigenvalue weighted by Gasteiger charge is 2.09. The van der Waals surface area contributed by atoms with E-state index in [9.17, 15) is 9.90 Å². The van der Waals surface area contributed by atoms with Crippen LogP contribution in [-0.4, -0.2) is 34.1 Å². The number of aromatic nitrogens is 2. The molecule has 0 spiro atoms. The Kier molecular flexibility index (Phi) is 6.73. The van der Waals surface area contributed by atoms with E-state index in [1.807, 2.05) is 60.7 Å². The molecule has 3 rings (SSSR count). The number of H-pyrrole nitrogens is 1. The van der Waals surface area contributed by atoms with E-state index < -0.39 is 6.10 Å². The maximum atomic E-state index is 12.0. The number of amides is 1. The van der Waals surface area contributed by atoms with Crippen LogP contribution in [-0.2, 0) is 17.6 Å². The highest BCUT2D eigenvalue weighted by Crippen LogP contribution is 2.10. The molecular formula is C21H24N4O2. The number of aromatic amines is 1. The number of anilines is 1. The van der Waals surface area contributed by atoms with Crippen LogP contribution in [0.25, 0.3) is 0 Å². The molecule has 0 fully saturated rings. The molecule has 0 aliphatic heterocycles. The van der Waals surface area contributed by atoms with Crippen LogP contribution in [0.1, 0.15) is 23.2 Å². The summed E-state index contributed by atoms with van der Waals surface area (Å²) in [6, 6.07) is 18.9. The molecule has 1 aromatic heterocycles. The van der Waals surface area contributed by atoms with Crippen LogP contribution >= 0.6 is 0 Å². The molecule has 0 saturated heterocycles. The first kappa shape index (κ1) is 18.8. The van der Waals surface area contributed by atoms with Crippen molar-refractivity contribution in [2.45, 2.75) is 18.9 Å². The highest BCUT2D eigenvalue weighted by atomic mass is 16.3. The van der Waals surface area contributed by atoms with E-state index in [0.717, 1.165) is 23.4 Å². The van der Waals surface area contributed by atoms with E-state index in [-0.39, 0.29) is 12.3 Å². The first-order valence-electron chi connectivity index (χ1n) is 9.02. The molecule has 0 aliphatic rings. The molecule has 0 saturated carbocycles. The lowest BCUT2D eigenvalue weighted by Gasteiger charge is -2.11. The smallest absolute Gasteiger partial charge is 0.231 e. The van der Waals surface area contributed by atoms with Crippen molar-refractivity contribution in [3.05, 3.63) is 83.9 Å². The van der Waals surface area contributed by atoms with Gasteiger partial charge in [0.05, 0.1) is 12.5 Å². The molecule has 3 aromatic rings. The number of carbonyl (C=O) groups is 1. The number of imidazole rings is 1. The molecule has 140 valence electrons. The number of aliphatic hydroxyl groups excluding tert-OH is 1. The number of rotatable bonds is 9. The van der Waals surface area contributed by atoms with Crippen molar-refractivity contribution in [1.29, 1.82) is 0 Å². The van der Waals surface area contributed by atoms with Gasteiger partial charge in [-0.15, -0.1) is 0 Å². The Balaban J connectivity index is 1.38. The summed E-state index contributed by atoms with van der Waals surface area (Å²) in [5.41, 5.74) is 2.63. The van der Waals surface area contributed by atoms with Gasteiger partial charge in [-0.1, -0.05) is 48.5 Å². The number of hydrogen-bond acceptors (Lipinski definition) is 4. The van der Waals surface area contributed by atoms with E-state index >= 15 is 0 Å². The molecule has 6 nitrogen and oxygen atoms in total. The zero-order valence-corrected chi connectivity index (χ0v) is 15.1. The van der Waals surface area contributed by atoms with Gasteiger partial charge >= 0.3 is 0 Å². The standard InChI is InChI=1S/C21H24N4O2/c26-19(16-7-3-1-4-8-16)15-22-12-11-18-14-23-20(24-18)13-21(27)25-17-9-5-2-6-10-17/h1-10,14,19,22,26H,11-13,15H2,(H,23,24)(H,25,27)/t19-/m0/s1.